The number of aromatic nitrogens is 4. The maximum atomic E-state index is 13.8. The van der Waals surface area contributed by atoms with Gasteiger partial charge in [0.05, 0.1) is 35.2 Å². The summed E-state index contributed by atoms with van der Waals surface area (Å²) in [5, 5.41) is 13.9. The number of nitrogens with zero attached hydrogens (tertiary/aromatic N) is 4. The predicted octanol–water partition coefficient (Wildman–Crippen LogP) is 4.59. The highest BCUT2D eigenvalue weighted by atomic mass is 19.4. The van der Waals surface area contributed by atoms with E-state index in [4.69, 9.17) is 5.11 Å². The van der Waals surface area contributed by atoms with Gasteiger partial charge in [-0.15, -0.1) is 0 Å². The van der Waals surface area contributed by atoms with Crippen molar-refractivity contribution in [3.8, 4) is 11.4 Å². The van der Waals surface area contributed by atoms with Gasteiger partial charge in [0.25, 0.3) is 5.91 Å². The lowest BCUT2D eigenvalue weighted by atomic mass is 10.1. The summed E-state index contributed by atoms with van der Waals surface area (Å²) in [4.78, 5) is 28.1. The van der Waals surface area contributed by atoms with E-state index in [0.717, 1.165) is 24.5 Å². The number of carbonyl (C=O) groups is 1. The summed E-state index contributed by atoms with van der Waals surface area (Å²) in [5.41, 5.74) is -2.53. The molecule has 0 aliphatic carbocycles. The van der Waals surface area contributed by atoms with E-state index >= 15 is 0 Å². The van der Waals surface area contributed by atoms with Gasteiger partial charge in [-0.1, -0.05) is 0 Å². The van der Waals surface area contributed by atoms with Crippen molar-refractivity contribution >= 4 is 28.4 Å². The van der Waals surface area contributed by atoms with Crippen LogP contribution in [-0.2, 0) is 12.4 Å². The quantitative estimate of drug-likeness (QED) is 0.318. The minimum atomic E-state index is -4.88. The molecule has 0 atom stereocenters. The van der Waals surface area contributed by atoms with Gasteiger partial charge < -0.3 is 15.7 Å². The molecular formula is C23H16F6N6O2. The number of carbonyl (C=O) groups excluding carboxylic acids is 1. The first-order chi connectivity index (χ1) is 17.5. The van der Waals surface area contributed by atoms with Crippen LogP contribution in [0.1, 0.15) is 21.5 Å². The molecule has 37 heavy (non-hydrogen) atoms. The molecule has 192 valence electrons. The van der Waals surface area contributed by atoms with Crippen molar-refractivity contribution in [1.29, 1.82) is 0 Å². The van der Waals surface area contributed by atoms with Gasteiger partial charge in [0.15, 0.2) is 5.65 Å². The third-order valence-corrected chi connectivity index (χ3v) is 5.03. The highest BCUT2D eigenvalue weighted by molar-refractivity contribution is 5.94. The van der Waals surface area contributed by atoms with Crippen LogP contribution in [0, 0.1) is 0 Å². The molecule has 8 nitrogen and oxygen atoms in total. The molecule has 3 heterocycles. The molecule has 4 aromatic rings. The molecular weight excluding hydrogens is 506 g/mol. The first-order valence-corrected chi connectivity index (χ1v) is 10.5. The van der Waals surface area contributed by atoms with Crippen LogP contribution < -0.4 is 10.6 Å². The highest BCUT2D eigenvalue weighted by Gasteiger charge is 2.36. The topological polar surface area (TPSA) is 113 Å². The number of aliphatic hydroxyl groups is 1. The molecule has 0 aliphatic heterocycles. The number of pyridine rings is 2. The summed E-state index contributed by atoms with van der Waals surface area (Å²) in [5.74, 6) is -0.844. The van der Waals surface area contributed by atoms with Gasteiger partial charge in [-0.25, -0.2) is 15.0 Å². The van der Waals surface area contributed by atoms with Crippen molar-refractivity contribution < 1.29 is 36.2 Å². The van der Waals surface area contributed by atoms with E-state index < -0.39 is 41.7 Å². The molecule has 0 radical (unpaired) electrons. The maximum Gasteiger partial charge on any atom is 0.418 e. The molecule has 1 amide bonds. The number of amides is 1. The molecule has 3 N–H and O–H groups in total. The van der Waals surface area contributed by atoms with E-state index in [1.54, 1.807) is 0 Å². The Morgan fingerprint density at radius 3 is 2.30 bits per heavy atom. The number of nitrogens with one attached hydrogen (secondary N) is 2. The van der Waals surface area contributed by atoms with Crippen molar-refractivity contribution in [2.45, 2.75) is 12.4 Å². The van der Waals surface area contributed by atoms with E-state index in [-0.39, 0.29) is 29.0 Å². The Kier molecular flexibility index (Phi) is 6.94. The molecule has 0 saturated carbocycles. The maximum absolute atomic E-state index is 13.8. The van der Waals surface area contributed by atoms with Crippen LogP contribution in [0.25, 0.3) is 22.6 Å². The van der Waals surface area contributed by atoms with Gasteiger partial charge in [-0.05, 0) is 36.4 Å². The lowest BCUT2D eigenvalue weighted by molar-refractivity contribution is -0.138. The Labute approximate surface area is 204 Å². The Morgan fingerprint density at radius 2 is 1.65 bits per heavy atom. The van der Waals surface area contributed by atoms with Gasteiger partial charge in [0.1, 0.15) is 16.9 Å². The van der Waals surface area contributed by atoms with E-state index in [0.29, 0.717) is 17.4 Å². The molecule has 0 bridgehead atoms. The fourth-order valence-corrected chi connectivity index (χ4v) is 3.31. The van der Waals surface area contributed by atoms with Crippen molar-refractivity contribution in [1.82, 2.24) is 25.3 Å². The third kappa shape index (κ3) is 5.74. The summed E-state index contributed by atoms with van der Waals surface area (Å²) in [6.07, 6.45) is -6.08. The van der Waals surface area contributed by atoms with Crippen molar-refractivity contribution in [2.24, 2.45) is 0 Å². The minimum Gasteiger partial charge on any atom is -0.395 e. The number of halogens is 6. The van der Waals surface area contributed by atoms with Crippen molar-refractivity contribution in [2.75, 3.05) is 18.5 Å². The summed E-state index contributed by atoms with van der Waals surface area (Å²) >= 11 is 0. The number of fused-ring (bicyclic) bond motifs is 1. The first-order valence-electron chi connectivity index (χ1n) is 10.5. The summed E-state index contributed by atoms with van der Waals surface area (Å²) < 4.78 is 79.8. The average Bonchev–Trinajstić information content (AvgIpc) is 2.86. The smallest absolute Gasteiger partial charge is 0.395 e. The SMILES string of the molecule is O=C(NCCO)c1cnc(-c2cnc3c(Nc4ccc(C(F)(F)F)cc4)ccnc3n2)c(C(F)(F)F)c1. The van der Waals surface area contributed by atoms with Crippen LogP contribution >= 0.6 is 0 Å². The van der Waals surface area contributed by atoms with Crippen LogP contribution in [0.3, 0.4) is 0 Å². The fraction of sp³-hybridized carbons (Fsp3) is 0.174. The molecule has 0 spiro atoms. The largest absolute Gasteiger partial charge is 0.418 e. The van der Waals surface area contributed by atoms with E-state index in [9.17, 15) is 31.1 Å². The Bertz CT molecular complexity index is 1440. The zero-order chi connectivity index (χ0) is 26.8. The van der Waals surface area contributed by atoms with Crippen LogP contribution in [-0.4, -0.2) is 44.1 Å². The second kappa shape index (κ2) is 9.97. The lowest BCUT2D eigenvalue weighted by Gasteiger charge is -2.14. The molecule has 1 aromatic carbocycles. The van der Waals surface area contributed by atoms with E-state index in [1.165, 1.54) is 24.4 Å². The average molecular weight is 522 g/mol. The summed E-state index contributed by atoms with van der Waals surface area (Å²) in [6.45, 7) is -0.536. The normalized spacial score (nSPS) is 12.0. The molecule has 3 aromatic heterocycles. The number of benzene rings is 1. The van der Waals surface area contributed by atoms with Gasteiger partial charge in [-0.3, -0.25) is 9.78 Å². The van der Waals surface area contributed by atoms with Gasteiger partial charge in [-0.2, -0.15) is 26.3 Å². The van der Waals surface area contributed by atoms with Crippen LogP contribution in [0.5, 0.6) is 0 Å². The van der Waals surface area contributed by atoms with Crippen molar-refractivity contribution in [3.63, 3.8) is 0 Å². The lowest BCUT2D eigenvalue weighted by Crippen LogP contribution is -2.27. The molecule has 4 rings (SSSR count). The Hall–Kier alpha value is -4.33. The predicted molar refractivity (Wildman–Crippen MR) is 120 cm³/mol. The summed E-state index contributed by atoms with van der Waals surface area (Å²) in [6, 6.07) is 6.33. The van der Waals surface area contributed by atoms with Gasteiger partial charge in [0, 0.05) is 24.6 Å². The first kappa shape index (κ1) is 25.8. The van der Waals surface area contributed by atoms with E-state index in [2.05, 4.69) is 30.6 Å². The zero-order valence-electron chi connectivity index (χ0n) is 18.5. The second-order valence-corrected chi connectivity index (χ2v) is 7.58. The van der Waals surface area contributed by atoms with Crippen molar-refractivity contribution in [3.05, 3.63) is 71.7 Å². The fourth-order valence-electron chi connectivity index (χ4n) is 3.31. The molecule has 0 unspecified atom stereocenters. The number of hydrogen-bond acceptors (Lipinski definition) is 7. The number of hydrogen-bond donors (Lipinski definition) is 3. The number of anilines is 2. The zero-order valence-corrected chi connectivity index (χ0v) is 18.5. The van der Waals surface area contributed by atoms with E-state index in [1.807, 2.05) is 0 Å². The second-order valence-electron chi connectivity index (χ2n) is 7.58. The standard InChI is InChI=1S/C23H16F6N6O2/c24-22(25,26)13-1-3-14(4-2-13)34-16-5-6-30-20-19(16)33-11-17(35-20)18-15(23(27,28)29)9-12(10-32-18)21(37)31-7-8-36/h1-6,9-11,36H,7-8H2,(H,31,37)(H,30,34,35). The molecule has 0 aliphatic rings. The monoisotopic (exact) mass is 522 g/mol. The number of aliphatic hydroxyl groups excluding tert-OH is 1. The minimum absolute atomic E-state index is 0.0471. The molecule has 14 heteroatoms. The Balaban J connectivity index is 1.69. The third-order valence-electron chi connectivity index (χ3n) is 5.03. The van der Waals surface area contributed by atoms with Crippen LogP contribution in [0.15, 0.2) is 55.0 Å². The number of alkyl halides is 6. The van der Waals surface area contributed by atoms with Gasteiger partial charge >= 0.3 is 12.4 Å². The van der Waals surface area contributed by atoms with Crippen LogP contribution in [0.2, 0.25) is 0 Å². The summed E-state index contributed by atoms with van der Waals surface area (Å²) in [7, 11) is 0. The molecule has 0 saturated heterocycles. The van der Waals surface area contributed by atoms with Crippen LogP contribution in [0.4, 0.5) is 37.7 Å². The molecule has 0 fully saturated rings. The Morgan fingerprint density at radius 1 is 0.919 bits per heavy atom. The number of rotatable bonds is 6. The highest BCUT2D eigenvalue weighted by Crippen LogP contribution is 2.36. The van der Waals surface area contributed by atoms with Gasteiger partial charge in [0.2, 0.25) is 0 Å².